The van der Waals surface area contributed by atoms with E-state index in [1.165, 1.54) is 12.1 Å². The molecule has 5 N–H and O–H groups in total. The van der Waals surface area contributed by atoms with Gasteiger partial charge in [0.25, 0.3) is 0 Å². The molecule has 1 aromatic rings. The third-order valence-corrected chi connectivity index (χ3v) is 2.84. The van der Waals surface area contributed by atoms with Gasteiger partial charge in [0.1, 0.15) is 0 Å². The number of nitriles is 1. The third kappa shape index (κ3) is 4.44. The number of amides is 1. The van der Waals surface area contributed by atoms with Crippen LogP contribution in [-0.4, -0.2) is 28.7 Å². The number of aromatic hydroxyl groups is 2. The van der Waals surface area contributed by atoms with Crippen LogP contribution in [0.4, 0.5) is 0 Å². The summed E-state index contributed by atoms with van der Waals surface area (Å²) in [6, 6.07) is 5.59. The highest BCUT2D eigenvalue weighted by molar-refractivity contribution is 5.81. The van der Waals surface area contributed by atoms with Crippen molar-refractivity contribution < 1.29 is 15.0 Å². The molecule has 0 radical (unpaired) electrons. The standard InChI is InChI=1S/C14H19N3O3/c1-14(2,7-15)8-17-13(20)10(16)5-9-3-4-11(18)12(19)6-9/h3-4,6,10,18-19H,5,8,16H2,1-2H3,(H,17,20)/t10-/m0/s1. The van der Waals surface area contributed by atoms with Crippen molar-refractivity contribution in [3.05, 3.63) is 23.8 Å². The van der Waals surface area contributed by atoms with Crippen molar-refractivity contribution in [3.63, 3.8) is 0 Å². The average molecular weight is 277 g/mol. The number of phenols is 2. The molecule has 0 unspecified atom stereocenters. The number of nitrogens with zero attached hydrogens (tertiary/aromatic N) is 1. The first-order valence-electron chi connectivity index (χ1n) is 6.20. The zero-order chi connectivity index (χ0) is 15.3. The Morgan fingerprint density at radius 1 is 1.45 bits per heavy atom. The monoisotopic (exact) mass is 277 g/mol. The van der Waals surface area contributed by atoms with Gasteiger partial charge in [-0.05, 0) is 38.0 Å². The molecule has 20 heavy (non-hydrogen) atoms. The summed E-state index contributed by atoms with van der Waals surface area (Å²) in [6.45, 7) is 3.66. The Hall–Kier alpha value is -2.26. The predicted octanol–water partition coefficient (Wildman–Crippen LogP) is 0.634. The number of phenolic OH excluding ortho intramolecular Hbond substituents is 2. The van der Waals surface area contributed by atoms with E-state index in [1.807, 2.05) is 0 Å². The Balaban J connectivity index is 2.58. The van der Waals surface area contributed by atoms with Crippen molar-refractivity contribution in [3.8, 4) is 17.6 Å². The Labute approximate surface area is 117 Å². The van der Waals surface area contributed by atoms with Crippen molar-refractivity contribution in [1.82, 2.24) is 5.32 Å². The summed E-state index contributed by atoms with van der Waals surface area (Å²) >= 11 is 0. The summed E-state index contributed by atoms with van der Waals surface area (Å²) in [6.07, 6.45) is 0.229. The van der Waals surface area contributed by atoms with E-state index in [0.29, 0.717) is 5.56 Å². The molecule has 1 aromatic carbocycles. The molecule has 6 nitrogen and oxygen atoms in total. The van der Waals surface area contributed by atoms with Gasteiger partial charge in [0.2, 0.25) is 5.91 Å². The van der Waals surface area contributed by atoms with E-state index in [1.54, 1.807) is 19.9 Å². The highest BCUT2D eigenvalue weighted by Crippen LogP contribution is 2.25. The predicted molar refractivity (Wildman–Crippen MR) is 73.9 cm³/mol. The molecule has 0 spiro atoms. The molecular weight excluding hydrogens is 258 g/mol. The summed E-state index contributed by atoms with van der Waals surface area (Å²) < 4.78 is 0. The normalized spacial score (nSPS) is 12.5. The molecule has 0 saturated carbocycles. The van der Waals surface area contributed by atoms with Crippen LogP contribution in [-0.2, 0) is 11.2 Å². The fourth-order valence-electron chi connectivity index (χ4n) is 1.52. The summed E-state index contributed by atoms with van der Waals surface area (Å²) in [7, 11) is 0. The molecule has 0 aliphatic rings. The number of benzene rings is 1. The highest BCUT2D eigenvalue weighted by Gasteiger charge is 2.20. The largest absolute Gasteiger partial charge is 0.504 e. The maximum Gasteiger partial charge on any atom is 0.237 e. The number of carbonyl (C=O) groups is 1. The van der Waals surface area contributed by atoms with Crippen LogP contribution in [0.5, 0.6) is 11.5 Å². The van der Waals surface area contributed by atoms with Gasteiger partial charge in [0.05, 0.1) is 17.5 Å². The number of hydrogen-bond donors (Lipinski definition) is 4. The molecule has 0 aliphatic heterocycles. The van der Waals surface area contributed by atoms with Crippen molar-refractivity contribution in [1.29, 1.82) is 5.26 Å². The third-order valence-electron chi connectivity index (χ3n) is 2.84. The second kappa shape index (κ2) is 6.26. The minimum Gasteiger partial charge on any atom is -0.504 e. The average Bonchev–Trinajstić information content (AvgIpc) is 2.40. The molecule has 1 amide bonds. The van der Waals surface area contributed by atoms with Crippen LogP contribution >= 0.6 is 0 Å². The van der Waals surface area contributed by atoms with Crippen LogP contribution < -0.4 is 11.1 Å². The lowest BCUT2D eigenvalue weighted by Crippen LogP contribution is -2.44. The summed E-state index contributed by atoms with van der Waals surface area (Å²) in [5, 5.41) is 30.0. The fourth-order valence-corrected chi connectivity index (χ4v) is 1.52. The van der Waals surface area contributed by atoms with Crippen molar-refractivity contribution >= 4 is 5.91 Å². The Bertz CT molecular complexity index is 535. The molecule has 1 atom stereocenters. The smallest absolute Gasteiger partial charge is 0.237 e. The molecule has 108 valence electrons. The van der Waals surface area contributed by atoms with Crippen LogP contribution in [0.1, 0.15) is 19.4 Å². The second-order valence-electron chi connectivity index (χ2n) is 5.35. The van der Waals surface area contributed by atoms with Crippen molar-refractivity contribution in [2.24, 2.45) is 11.1 Å². The number of carbonyl (C=O) groups excluding carboxylic acids is 1. The van der Waals surface area contributed by atoms with Gasteiger partial charge in [-0.2, -0.15) is 5.26 Å². The van der Waals surface area contributed by atoms with E-state index in [2.05, 4.69) is 11.4 Å². The lowest BCUT2D eigenvalue weighted by Gasteiger charge is -2.18. The second-order valence-corrected chi connectivity index (χ2v) is 5.35. The SMILES string of the molecule is CC(C)(C#N)CNC(=O)[C@@H](N)Cc1ccc(O)c(O)c1. The van der Waals surface area contributed by atoms with E-state index in [9.17, 15) is 15.0 Å². The van der Waals surface area contributed by atoms with E-state index >= 15 is 0 Å². The van der Waals surface area contributed by atoms with Gasteiger partial charge in [-0.15, -0.1) is 0 Å². The van der Waals surface area contributed by atoms with Gasteiger partial charge in [-0.25, -0.2) is 0 Å². The Kier molecular flexibility index (Phi) is 4.94. The van der Waals surface area contributed by atoms with Crippen LogP contribution in [0.2, 0.25) is 0 Å². The number of nitrogens with two attached hydrogens (primary N) is 1. The van der Waals surface area contributed by atoms with E-state index < -0.39 is 11.5 Å². The van der Waals surface area contributed by atoms with Gasteiger partial charge >= 0.3 is 0 Å². The number of hydrogen-bond acceptors (Lipinski definition) is 5. The van der Waals surface area contributed by atoms with E-state index in [4.69, 9.17) is 11.0 Å². The first kappa shape index (κ1) is 15.8. The fraction of sp³-hybridized carbons (Fsp3) is 0.429. The molecule has 0 saturated heterocycles. The minimum atomic E-state index is -0.784. The zero-order valence-electron chi connectivity index (χ0n) is 11.6. The van der Waals surface area contributed by atoms with E-state index in [-0.39, 0.29) is 30.4 Å². The van der Waals surface area contributed by atoms with Crippen molar-refractivity contribution in [2.45, 2.75) is 26.3 Å². The van der Waals surface area contributed by atoms with E-state index in [0.717, 1.165) is 0 Å². The first-order valence-corrected chi connectivity index (χ1v) is 6.20. The lowest BCUT2D eigenvalue weighted by molar-refractivity contribution is -0.122. The summed E-state index contributed by atoms with van der Waals surface area (Å²) in [5.41, 5.74) is 5.76. The zero-order valence-corrected chi connectivity index (χ0v) is 11.6. The quantitative estimate of drug-likeness (QED) is 0.589. The molecule has 0 aromatic heterocycles. The van der Waals surface area contributed by atoms with Gasteiger partial charge in [0.15, 0.2) is 11.5 Å². The number of rotatable bonds is 5. The van der Waals surface area contributed by atoms with Gasteiger partial charge in [-0.3, -0.25) is 4.79 Å². The number of nitrogens with one attached hydrogen (secondary N) is 1. The highest BCUT2D eigenvalue weighted by atomic mass is 16.3. The molecule has 0 fully saturated rings. The molecule has 0 heterocycles. The molecule has 1 rings (SSSR count). The molecular formula is C14H19N3O3. The summed E-state index contributed by atoms with van der Waals surface area (Å²) in [4.78, 5) is 11.8. The lowest BCUT2D eigenvalue weighted by atomic mass is 9.95. The molecule has 6 heteroatoms. The maximum atomic E-state index is 11.8. The van der Waals surface area contributed by atoms with Crippen molar-refractivity contribution in [2.75, 3.05) is 6.54 Å². The van der Waals surface area contributed by atoms with Gasteiger partial charge in [-0.1, -0.05) is 6.07 Å². The Morgan fingerprint density at radius 3 is 2.65 bits per heavy atom. The first-order chi connectivity index (χ1) is 9.25. The van der Waals surface area contributed by atoms with Crippen LogP contribution in [0.15, 0.2) is 18.2 Å². The summed E-state index contributed by atoms with van der Waals surface area (Å²) in [5.74, 6) is -0.829. The minimum absolute atomic E-state index is 0.219. The van der Waals surface area contributed by atoms with Crippen LogP contribution in [0, 0.1) is 16.7 Å². The van der Waals surface area contributed by atoms with Gasteiger partial charge in [0, 0.05) is 6.54 Å². The topological polar surface area (TPSA) is 119 Å². The molecule has 0 aliphatic carbocycles. The Morgan fingerprint density at radius 2 is 2.10 bits per heavy atom. The van der Waals surface area contributed by atoms with Crippen LogP contribution in [0.25, 0.3) is 0 Å². The maximum absolute atomic E-state index is 11.8. The van der Waals surface area contributed by atoms with Crippen LogP contribution in [0.3, 0.4) is 0 Å². The van der Waals surface area contributed by atoms with Gasteiger partial charge < -0.3 is 21.3 Å². The molecule has 0 bridgehead atoms.